The quantitative estimate of drug-likeness (QED) is 0.911. The Balaban J connectivity index is 2.50. The van der Waals surface area contributed by atoms with Crippen molar-refractivity contribution in [3.05, 3.63) is 23.0 Å². The molecule has 1 unspecified atom stereocenters. The van der Waals surface area contributed by atoms with Gasteiger partial charge in [-0.2, -0.15) is 5.10 Å². The van der Waals surface area contributed by atoms with E-state index in [2.05, 4.69) is 17.0 Å². The van der Waals surface area contributed by atoms with Crippen molar-refractivity contribution in [2.75, 3.05) is 0 Å². The molecule has 5 nitrogen and oxygen atoms in total. The highest BCUT2D eigenvalue weighted by Gasteiger charge is 2.18. The Kier molecular flexibility index (Phi) is 4.06. The maximum atomic E-state index is 11.0. The molecule has 0 aliphatic rings. The first-order valence-corrected chi connectivity index (χ1v) is 7.00. The lowest BCUT2D eigenvalue weighted by Crippen LogP contribution is -2.14. The van der Waals surface area contributed by atoms with Crippen LogP contribution in [0.2, 0.25) is 0 Å². The van der Waals surface area contributed by atoms with Crippen LogP contribution in [0.15, 0.2) is 6.20 Å². The third kappa shape index (κ3) is 2.53. The molecule has 0 aromatic carbocycles. The molecule has 0 bridgehead atoms. The fourth-order valence-electron chi connectivity index (χ4n) is 2.49. The number of hydrogen-bond acceptors (Lipinski definition) is 3. The number of aromatic nitrogens is 3. The van der Waals surface area contributed by atoms with Gasteiger partial charge in [0.25, 0.3) is 0 Å². The third-order valence-corrected chi connectivity index (χ3v) is 3.75. The van der Waals surface area contributed by atoms with Crippen LogP contribution in [0, 0.1) is 19.8 Å². The summed E-state index contributed by atoms with van der Waals surface area (Å²) < 4.78 is 1.92. The van der Waals surface area contributed by atoms with E-state index < -0.39 is 11.9 Å². The van der Waals surface area contributed by atoms with Gasteiger partial charge in [0.2, 0.25) is 0 Å². The molecule has 2 heterocycles. The first-order chi connectivity index (χ1) is 9.45. The highest BCUT2D eigenvalue weighted by Crippen LogP contribution is 2.25. The SMILES string of the molecule is CCCn1ncc2c(C)c(CC(C)C(=O)O)c(C)nc21. The van der Waals surface area contributed by atoms with E-state index in [9.17, 15) is 4.79 Å². The molecule has 20 heavy (non-hydrogen) atoms. The van der Waals surface area contributed by atoms with E-state index in [1.54, 1.807) is 6.92 Å². The van der Waals surface area contributed by atoms with Crippen LogP contribution < -0.4 is 0 Å². The van der Waals surface area contributed by atoms with Crippen molar-refractivity contribution in [1.82, 2.24) is 14.8 Å². The van der Waals surface area contributed by atoms with Crippen LogP contribution in [0.4, 0.5) is 0 Å². The number of rotatable bonds is 5. The lowest BCUT2D eigenvalue weighted by molar-refractivity contribution is -0.141. The van der Waals surface area contributed by atoms with Crippen LogP contribution in [-0.2, 0) is 17.8 Å². The molecule has 2 aromatic heterocycles. The van der Waals surface area contributed by atoms with E-state index in [1.165, 1.54) is 0 Å². The second kappa shape index (κ2) is 5.61. The van der Waals surface area contributed by atoms with Gasteiger partial charge in [-0.05, 0) is 37.8 Å². The highest BCUT2D eigenvalue weighted by atomic mass is 16.4. The number of hydrogen-bond donors (Lipinski definition) is 1. The maximum absolute atomic E-state index is 11.0. The summed E-state index contributed by atoms with van der Waals surface area (Å²) in [6, 6.07) is 0. The maximum Gasteiger partial charge on any atom is 0.306 e. The summed E-state index contributed by atoms with van der Waals surface area (Å²) in [5, 5.41) is 14.5. The molecule has 2 rings (SSSR count). The lowest BCUT2D eigenvalue weighted by Gasteiger charge is -2.13. The number of carboxylic acid groups (broad SMARTS) is 1. The third-order valence-electron chi connectivity index (χ3n) is 3.75. The molecule has 108 valence electrons. The number of fused-ring (bicyclic) bond motifs is 1. The number of carbonyl (C=O) groups is 1. The molecule has 0 amide bonds. The average Bonchev–Trinajstić information content (AvgIpc) is 2.78. The Labute approximate surface area is 118 Å². The fraction of sp³-hybridized carbons (Fsp3) is 0.533. The van der Waals surface area contributed by atoms with Crippen LogP contribution in [0.3, 0.4) is 0 Å². The van der Waals surface area contributed by atoms with Gasteiger partial charge in [-0.1, -0.05) is 13.8 Å². The molecule has 2 aromatic rings. The number of aliphatic carboxylic acids is 1. The van der Waals surface area contributed by atoms with Gasteiger partial charge in [0.05, 0.1) is 12.1 Å². The molecule has 5 heteroatoms. The Morgan fingerprint density at radius 3 is 2.75 bits per heavy atom. The topological polar surface area (TPSA) is 68.0 Å². The van der Waals surface area contributed by atoms with E-state index in [1.807, 2.05) is 24.7 Å². The predicted molar refractivity (Wildman–Crippen MR) is 77.8 cm³/mol. The van der Waals surface area contributed by atoms with Crippen molar-refractivity contribution in [2.45, 2.75) is 47.1 Å². The van der Waals surface area contributed by atoms with Gasteiger partial charge in [0, 0.05) is 17.6 Å². The minimum absolute atomic E-state index is 0.405. The standard InChI is InChI=1S/C15H21N3O2/c1-5-6-18-14-13(8-16-18)10(3)12(11(4)17-14)7-9(2)15(19)20/h8-9H,5-7H2,1-4H3,(H,19,20). The van der Waals surface area contributed by atoms with E-state index in [-0.39, 0.29) is 0 Å². The molecule has 0 fully saturated rings. The second-order valence-corrected chi connectivity index (χ2v) is 5.35. The van der Waals surface area contributed by atoms with E-state index in [4.69, 9.17) is 5.11 Å². The Bertz CT molecular complexity index is 646. The molecule has 1 atom stereocenters. The molecular formula is C15H21N3O2. The summed E-state index contributed by atoms with van der Waals surface area (Å²) in [6.45, 7) is 8.65. The molecule has 0 saturated heterocycles. The lowest BCUT2D eigenvalue weighted by atomic mass is 9.95. The van der Waals surface area contributed by atoms with Crippen LogP contribution in [-0.4, -0.2) is 25.8 Å². The molecule has 0 saturated carbocycles. The molecule has 0 spiro atoms. The first kappa shape index (κ1) is 14.5. The number of nitrogens with zero attached hydrogens (tertiary/aromatic N) is 3. The summed E-state index contributed by atoms with van der Waals surface area (Å²) >= 11 is 0. The van der Waals surface area contributed by atoms with Gasteiger partial charge in [-0.15, -0.1) is 0 Å². The number of carboxylic acids is 1. The fourth-order valence-corrected chi connectivity index (χ4v) is 2.49. The zero-order chi connectivity index (χ0) is 14.9. The van der Waals surface area contributed by atoms with Crippen LogP contribution in [0.1, 0.15) is 37.1 Å². The van der Waals surface area contributed by atoms with Crippen molar-refractivity contribution in [3.8, 4) is 0 Å². The summed E-state index contributed by atoms with van der Waals surface area (Å²) in [7, 11) is 0. The summed E-state index contributed by atoms with van der Waals surface area (Å²) in [4.78, 5) is 15.7. The van der Waals surface area contributed by atoms with Crippen molar-refractivity contribution in [3.63, 3.8) is 0 Å². The van der Waals surface area contributed by atoms with Gasteiger partial charge in [-0.3, -0.25) is 4.79 Å². The Morgan fingerprint density at radius 1 is 1.45 bits per heavy atom. The van der Waals surface area contributed by atoms with Crippen molar-refractivity contribution < 1.29 is 9.90 Å². The Hall–Kier alpha value is -1.91. The molecular weight excluding hydrogens is 254 g/mol. The zero-order valence-corrected chi connectivity index (χ0v) is 12.5. The first-order valence-electron chi connectivity index (χ1n) is 7.00. The second-order valence-electron chi connectivity index (χ2n) is 5.35. The minimum Gasteiger partial charge on any atom is -0.481 e. The van der Waals surface area contributed by atoms with Crippen LogP contribution in [0.5, 0.6) is 0 Å². The molecule has 1 N–H and O–H groups in total. The van der Waals surface area contributed by atoms with Crippen molar-refractivity contribution >= 4 is 17.0 Å². The van der Waals surface area contributed by atoms with Crippen LogP contribution >= 0.6 is 0 Å². The van der Waals surface area contributed by atoms with Gasteiger partial charge >= 0.3 is 5.97 Å². The van der Waals surface area contributed by atoms with E-state index >= 15 is 0 Å². The predicted octanol–water partition coefficient (Wildman–Crippen LogP) is 2.72. The number of pyridine rings is 1. The highest BCUT2D eigenvalue weighted by molar-refractivity contribution is 5.80. The molecule has 0 aliphatic heterocycles. The summed E-state index contributed by atoms with van der Waals surface area (Å²) in [5.41, 5.74) is 3.93. The van der Waals surface area contributed by atoms with Crippen molar-refractivity contribution in [1.29, 1.82) is 0 Å². The summed E-state index contributed by atoms with van der Waals surface area (Å²) in [6.07, 6.45) is 3.35. The smallest absolute Gasteiger partial charge is 0.306 e. The largest absolute Gasteiger partial charge is 0.481 e. The number of aryl methyl sites for hydroxylation is 3. The van der Waals surface area contributed by atoms with Gasteiger partial charge in [-0.25, -0.2) is 9.67 Å². The minimum atomic E-state index is -0.773. The van der Waals surface area contributed by atoms with Gasteiger partial charge < -0.3 is 5.11 Å². The average molecular weight is 275 g/mol. The molecule has 0 aliphatic carbocycles. The van der Waals surface area contributed by atoms with E-state index in [0.29, 0.717) is 6.42 Å². The monoisotopic (exact) mass is 275 g/mol. The van der Waals surface area contributed by atoms with Crippen LogP contribution in [0.25, 0.3) is 11.0 Å². The zero-order valence-electron chi connectivity index (χ0n) is 12.5. The van der Waals surface area contributed by atoms with E-state index in [0.717, 1.165) is 40.8 Å². The Morgan fingerprint density at radius 2 is 2.15 bits per heavy atom. The normalized spacial score (nSPS) is 12.8. The van der Waals surface area contributed by atoms with Gasteiger partial charge in [0.1, 0.15) is 0 Å². The van der Waals surface area contributed by atoms with Gasteiger partial charge in [0.15, 0.2) is 5.65 Å². The molecule has 0 radical (unpaired) electrons. The summed E-state index contributed by atoms with van der Waals surface area (Å²) in [5.74, 6) is -1.18. The van der Waals surface area contributed by atoms with Crippen molar-refractivity contribution in [2.24, 2.45) is 5.92 Å².